The summed E-state index contributed by atoms with van der Waals surface area (Å²) >= 11 is 0. The van der Waals surface area contributed by atoms with Crippen LogP contribution in [0.2, 0.25) is 0 Å². The highest BCUT2D eigenvalue weighted by Gasteiger charge is 2.17. The SMILES string of the molecule is CCC(CC)C(=O)Oc1ccc2c(=O)c(Oc3cc(C)ccc3C)coc2c1. The number of aryl methyl sites for hydroxylation is 2. The fraction of sp³-hybridized carbons (Fsp3) is 0.304. The van der Waals surface area contributed by atoms with Gasteiger partial charge in [0.05, 0.1) is 11.3 Å². The summed E-state index contributed by atoms with van der Waals surface area (Å²) in [5.41, 5.74) is 2.02. The number of rotatable bonds is 6. The van der Waals surface area contributed by atoms with Crippen LogP contribution < -0.4 is 14.9 Å². The van der Waals surface area contributed by atoms with Gasteiger partial charge in [0.25, 0.3) is 0 Å². The Morgan fingerprint density at radius 1 is 1.04 bits per heavy atom. The van der Waals surface area contributed by atoms with Gasteiger partial charge in [-0.1, -0.05) is 26.0 Å². The number of benzene rings is 2. The Hall–Kier alpha value is -3.08. The van der Waals surface area contributed by atoms with Crippen LogP contribution >= 0.6 is 0 Å². The largest absolute Gasteiger partial charge is 0.460 e. The number of esters is 1. The molecule has 0 amide bonds. The summed E-state index contributed by atoms with van der Waals surface area (Å²) in [5.74, 6) is 0.665. The van der Waals surface area contributed by atoms with Crippen molar-refractivity contribution in [3.05, 3.63) is 64.0 Å². The van der Waals surface area contributed by atoms with Crippen molar-refractivity contribution in [1.29, 1.82) is 0 Å². The van der Waals surface area contributed by atoms with Crippen molar-refractivity contribution in [2.24, 2.45) is 5.92 Å². The first-order valence-corrected chi connectivity index (χ1v) is 9.45. The zero-order chi connectivity index (χ0) is 20.3. The molecule has 5 heteroatoms. The molecular weight excluding hydrogens is 356 g/mol. The first-order valence-electron chi connectivity index (χ1n) is 9.45. The van der Waals surface area contributed by atoms with Gasteiger partial charge in [-0.15, -0.1) is 0 Å². The highest BCUT2D eigenvalue weighted by atomic mass is 16.5. The van der Waals surface area contributed by atoms with E-state index in [0.29, 0.717) is 22.5 Å². The molecule has 0 spiro atoms. The zero-order valence-electron chi connectivity index (χ0n) is 16.6. The highest BCUT2D eigenvalue weighted by molar-refractivity contribution is 5.81. The van der Waals surface area contributed by atoms with Crippen LogP contribution in [0, 0.1) is 19.8 Å². The molecule has 0 atom stereocenters. The molecule has 0 N–H and O–H groups in total. The predicted molar refractivity (Wildman–Crippen MR) is 108 cm³/mol. The molecule has 0 saturated heterocycles. The Labute approximate surface area is 163 Å². The number of hydrogen-bond acceptors (Lipinski definition) is 5. The van der Waals surface area contributed by atoms with Gasteiger partial charge in [-0.25, -0.2) is 0 Å². The molecule has 1 heterocycles. The smallest absolute Gasteiger partial charge is 0.314 e. The van der Waals surface area contributed by atoms with Gasteiger partial charge in [-0.05, 0) is 56.0 Å². The topological polar surface area (TPSA) is 65.7 Å². The Morgan fingerprint density at radius 2 is 1.79 bits per heavy atom. The Kier molecular flexibility index (Phi) is 5.83. The second kappa shape index (κ2) is 8.30. The second-order valence-electron chi connectivity index (χ2n) is 6.89. The lowest BCUT2D eigenvalue weighted by atomic mass is 10.0. The van der Waals surface area contributed by atoms with Crippen molar-refractivity contribution < 1.29 is 18.7 Å². The maximum Gasteiger partial charge on any atom is 0.314 e. The van der Waals surface area contributed by atoms with Gasteiger partial charge in [0, 0.05) is 6.07 Å². The summed E-state index contributed by atoms with van der Waals surface area (Å²) in [7, 11) is 0. The molecule has 3 rings (SSSR count). The number of fused-ring (bicyclic) bond motifs is 1. The van der Waals surface area contributed by atoms with Crippen LogP contribution in [0.4, 0.5) is 0 Å². The van der Waals surface area contributed by atoms with Crippen molar-refractivity contribution in [2.75, 3.05) is 0 Å². The first kappa shape index (κ1) is 19.7. The molecule has 3 aromatic rings. The van der Waals surface area contributed by atoms with E-state index in [2.05, 4.69) is 0 Å². The van der Waals surface area contributed by atoms with E-state index in [1.165, 1.54) is 6.26 Å². The summed E-state index contributed by atoms with van der Waals surface area (Å²) in [4.78, 5) is 24.9. The molecular formula is C23H24O5. The molecule has 0 aliphatic rings. The Bertz CT molecular complexity index is 1060. The van der Waals surface area contributed by atoms with Crippen LogP contribution in [0.25, 0.3) is 11.0 Å². The van der Waals surface area contributed by atoms with Gasteiger partial charge < -0.3 is 13.9 Å². The van der Waals surface area contributed by atoms with Crippen LogP contribution in [0.1, 0.15) is 37.8 Å². The van der Waals surface area contributed by atoms with Crippen molar-refractivity contribution in [3.8, 4) is 17.2 Å². The van der Waals surface area contributed by atoms with Crippen LogP contribution in [-0.2, 0) is 4.79 Å². The monoisotopic (exact) mass is 380 g/mol. The predicted octanol–water partition coefficient (Wildman–Crippen LogP) is 5.54. The van der Waals surface area contributed by atoms with E-state index < -0.39 is 0 Å². The van der Waals surface area contributed by atoms with Crippen molar-refractivity contribution in [1.82, 2.24) is 0 Å². The van der Waals surface area contributed by atoms with E-state index in [-0.39, 0.29) is 23.1 Å². The van der Waals surface area contributed by atoms with Gasteiger partial charge in [0.2, 0.25) is 11.2 Å². The van der Waals surface area contributed by atoms with Gasteiger partial charge in [-0.3, -0.25) is 9.59 Å². The standard InChI is InChI=1S/C23H24O5/c1-5-16(6-2)23(25)27-17-9-10-18-20(12-17)26-13-21(22(18)24)28-19-11-14(3)7-8-15(19)4/h7-13,16H,5-6H2,1-4H3. The minimum atomic E-state index is -0.278. The molecule has 0 saturated carbocycles. The van der Waals surface area contributed by atoms with E-state index in [1.54, 1.807) is 18.2 Å². The van der Waals surface area contributed by atoms with Gasteiger partial charge >= 0.3 is 5.97 Å². The zero-order valence-corrected chi connectivity index (χ0v) is 16.6. The summed E-state index contributed by atoms with van der Waals surface area (Å²) in [6.45, 7) is 7.77. The van der Waals surface area contributed by atoms with Crippen LogP contribution in [0.3, 0.4) is 0 Å². The average Bonchev–Trinajstić information content (AvgIpc) is 2.68. The number of ether oxygens (including phenoxy) is 2. The van der Waals surface area contributed by atoms with Crippen LogP contribution in [-0.4, -0.2) is 5.97 Å². The molecule has 0 aliphatic carbocycles. The van der Waals surface area contributed by atoms with E-state index in [0.717, 1.165) is 24.0 Å². The van der Waals surface area contributed by atoms with Crippen molar-refractivity contribution in [3.63, 3.8) is 0 Å². The lowest BCUT2D eigenvalue weighted by Gasteiger charge is -2.12. The van der Waals surface area contributed by atoms with Gasteiger partial charge in [0.1, 0.15) is 23.3 Å². The summed E-state index contributed by atoms with van der Waals surface area (Å²) in [6.07, 6.45) is 2.73. The molecule has 28 heavy (non-hydrogen) atoms. The van der Waals surface area contributed by atoms with Crippen molar-refractivity contribution in [2.45, 2.75) is 40.5 Å². The van der Waals surface area contributed by atoms with Gasteiger partial charge in [-0.2, -0.15) is 0 Å². The maximum atomic E-state index is 12.8. The molecule has 0 bridgehead atoms. The van der Waals surface area contributed by atoms with Crippen LogP contribution in [0.15, 0.2) is 51.9 Å². The minimum Gasteiger partial charge on any atom is -0.460 e. The minimum absolute atomic E-state index is 0.114. The molecule has 0 fully saturated rings. The number of carbonyl (C=O) groups is 1. The van der Waals surface area contributed by atoms with Crippen LogP contribution in [0.5, 0.6) is 17.2 Å². The Morgan fingerprint density at radius 3 is 2.50 bits per heavy atom. The molecule has 5 nitrogen and oxygen atoms in total. The molecule has 146 valence electrons. The maximum absolute atomic E-state index is 12.8. The van der Waals surface area contributed by atoms with E-state index in [9.17, 15) is 9.59 Å². The second-order valence-corrected chi connectivity index (χ2v) is 6.89. The fourth-order valence-corrected chi connectivity index (χ4v) is 2.98. The fourth-order valence-electron chi connectivity index (χ4n) is 2.98. The quantitative estimate of drug-likeness (QED) is 0.415. The Balaban J connectivity index is 1.89. The number of carbonyl (C=O) groups excluding carboxylic acids is 1. The third kappa shape index (κ3) is 4.09. The average molecular weight is 380 g/mol. The molecule has 1 aromatic heterocycles. The molecule has 2 aromatic carbocycles. The normalized spacial score (nSPS) is 11.0. The third-order valence-electron chi connectivity index (χ3n) is 4.82. The lowest BCUT2D eigenvalue weighted by Crippen LogP contribution is -2.19. The summed E-state index contributed by atoms with van der Waals surface area (Å²) in [6, 6.07) is 10.5. The summed E-state index contributed by atoms with van der Waals surface area (Å²) in [5, 5.41) is 0.366. The highest BCUT2D eigenvalue weighted by Crippen LogP contribution is 2.27. The van der Waals surface area contributed by atoms with Gasteiger partial charge in [0.15, 0.2) is 0 Å². The number of hydrogen-bond donors (Lipinski definition) is 0. The molecule has 0 radical (unpaired) electrons. The van der Waals surface area contributed by atoms with E-state index in [4.69, 9.17) is 13.9 Å². The van der Waals surface area contributed by atoms with Crippen molar-refractivity contribution >= 4 is 16.9 Å². The molecule has 0 unspecified atom stereocenters. The first-order chi connectivity index (χ1) is 13.4. The lowest BCUT2D eigenvalue weighted by molar-refractivity contribution is -0.139. The molecule has 0 aliphatic heterocycles. The van der Waals surface area contributed by atoms with E-state index >= 15 is 0 Å². The van der Waals surface area contributed by atoms with E-state index in [1.807, 2.05) is 45.9 Å². The summed E-state index contributed by atoms with van der Waals surface area (Å²) < 4.78 is 16.8. The third-order valence-corrected chi connectivity index (χ3v) is 4.82.